The molecule has 0 spiro atoms. The van der Waals surface area contributed by atoms with Gasteiger partial charge in [0.05, 0.1) is 0 Å². The first-order chi connectivity index (χ1) is 13.3. The maximum Gasteiger partial charge on any atom is 0.163 e. The molecule has 0 aliphatic carbocycles. The van der Waals surface area contributed by atoms with E-state index in [4.69, 9.17) is 26.3 Å². The molecule has 138 valence electrons. The van der Waals surface area contributed by atoms with Crippen LogP contribution in [0.15, 0.2) is 60.7 Å². The molecule has 0 amide bonds. The number of ether oxygens (including phenoxy) is 1. The first kappa shape index (κ1) is 17.8. The lowest BCUT2D eigenvalue weighted by atomic mass is 10.1. The zero-order valence-electron chi connectivity index (χ0n) is 14.9. The summed E-state index contributed by atoms with van der Waals surface area (Å²) in [5.41, 5.74) is 1.86. The zero-order valence-corrected chi connectivity index (χ0v) is 15.6. The van der Waals surface area contributed by atoms with E-state index >= 15 is 0 Å². The fourth-order valence-corrected chi connectivity index (χ4v) is 3.26. The summed E-state index contributed by atoms with van der Waals surface area (Å²) in [6, 6.07) is 19.9. The van der Waals surface area contributed by atoms with Crippen LogP contribution in [0, 0.1) is 0 Å². The highest BCUT2D eigenvalue weighted by atomic mass is 35.5. The summed E-state index contributed by atoms with van der Waals surface area (Å²) >= 11 is 6.10. The second-order valence-electron chi connectivity index (χ2n) is 6.49. The quantitative estimate of drug-likeness (QED) is 0.642. The summed E-state index contributed by atoms with van der Waals surface area (Å²) in [4.78, 5) is 9.42. The lowest BCUT2D eigenvalue weighted by Crippen LogP contribution is -2.28. The van der Waals surface area contributed by atoms with Crippen LogP contribution < -0.4 is 10.6 Å². The van der Waals surface area contributed by atoms with Gasteiger partial charge in [-0.25, -0.2) is 9.97 Å². The van der Waals surface area contributed by atoms with Crippen LogP contribution in [0.5, 0.6) is 0 Å². The molecular formula is C21H21ClN4O. The number of nitrogens with one attached hydrogen (secondary N) is 2. The highest BCUT2D eigenvalue weighted by molar-refractivity contribution is 6.30. The number of aromatic nitrogens is 2. The van der Waals surface area contributed by atoms with Gasteiger partial charge in [-0.05, 0) is 31.0 Å². The van der Waals surface area contributed by atoms with Gasteiger partial charge in [0.15, 0.2) is 5.82 Å². The van der Waals surface area contributed by atoms with E-state index < -0.39 is 0 Å². The average Bonchev–Trinajstić information content (AvgIpc) is 2.69. The summed E-state index contributed by atoms with van der Waals surface area (Å²) in [6.45, 7) is 1.56. The zero-order chi connectivity index (χ0) is 18.5. The molecule has 2 heterocycles. The van der Waals surface area contributed by atoms with Gasteiger partial charge in [-0.15, -0.1) is 0 Å². The van der Waals surface area contributed by atoms with E-state index in [9.17, 15) is 0 Å². The van der Waals surface area contributed by atoms with Crippen molar-refractivity contribution in [3.05, 3.63) is 65.7 Å². The molecule has 1 aliphatic rings. The van der Waals surface area contributed by atoms with Gasteiger partial charge in [-0.2, -0.15) is 0 Å². The Balaban J connectivity index is 1.65. The molecule has 2 N–H and O–H groups in total. The van der Waals surface area contributed by atoms with Gasteiger partial charge in [0.25, 0.3) is 0 Å². The van der Waals surface area contributed by atoms with Crippen LogP contribution in [0.1, 0.15) is 12.8 Å². The highest BCUT2D eigenvalue weighted by Gasteiger charge is 2.15. The number of halogens is 1. The molecular weight excluding hydrogens is 360 g/mol. The molecule has 6 heteroatoms. The molecule has 5 nitrogen and oxygen atoms in total. The SMILES string of the molecule is Clc1cccc(Nc2cc(NC3CCOCC3)nc(-c3ccccc3)n2)c1. The third-order valence-electron chi connectivity index (χ3n) is 4.43. The Bertz CT molecular complexity index is 898. The maximum atomic E-state index is 6.10. The van der Waals surface area contributed by atoms with E-state index in [0.29, 0.717) is 16.9 Å². The Morgan fingerprint density at radius 1 is 0.889 bits per heavy atom. The first-order valence-electron chi connectivity index (χ1n) is 9.08. The Kier molecular flexibility index (Phi) is 5.51. The Hall–Kier alpha value is -2.63. The molecule has 1 saturated heterocycles. The molecule has 0 unspecified atom stereocenters. The molecule has 1 aliphatic heterocycles. The minimum Gasteiger partial charge on any atom is -0.381 e. The predicted molar refractivity (Wildman–Crippen MR) is 110 cm³/mol. The monoisotopic (exact) mass is 380 g/mol. The smallest absolute Gasteiger partial charge is 0.163 e. The minimum atomic E-state index is 0.358. The van der Waals surface area contributed by atoms with Gasteiger partial charge < -0.3 is 15.4 Å². The fraction of sp³-hybridized carbons (Fsp3) is 0.238. The number of rotatable bonds is 5. The van der Waals surface area contributed by atoms with E-state index in [-0.39, 0.29) is 0 Å². The van der Waals surface area contributed by atoms with Crippen LogP contribution in [-0.2, 0) is 4.74 Å². The molecule has 0 radical (unpaired) electrons. The van der Waals surface area contributed by atoms with Crippen molar-refractivity contribution in [2.45, 2.75) is 18.9 Å². The predicted octanol–water partition coefficient (Wildman–Crippen LogP) is 5.13. The normalized spacial score (nSPS) is 14.7. The van der Waals surface area contributed by atoms with Gasteiger partial charge in [0.1, 0.15) is 11.6 Å². The number of benzene rings is 2. The molecule has 0 saturated carbocycles. The third-order valence-corrected chi connectivity index (χ3v) is 4.66. The Morgan fingerprint density at radius 3 is 2.44 bits per heavy atom. The van der Waals surface area contributed by atoms with Gasteiger partial charge in [-0.1, -0.05) is 48.0 Å². The van der Waals surface area contributed by atoms with Crippen LogP contribution in [0.4, 0.5) is 17.3 Å². The van der Waals surface area contributed by atoms with Crippen molar-refractivity contribution in [1.29, 1.82) is 0 Å². The number of nitrogens with zero attached hydrogens (tertiary/aromatic N) is 2. The molecule has 1 fully saturated rings. The molecule has 2 aromatic carbocycles. The number of anilines is 3. The van der Waals surface area contributed by atoms with Crippen LogP contribution in [-0.4, -0.2) is 29.2 Å². The molecule has 3 aromatic rings. The topological polar surface area (TPSA) is 59.1 Å². The van der Waals surface area contributed by atoms with Gasteiger partial charge in [0, 0.05) is 41.6 Å². The average molecular weight is 381 g/mol. The van der Waals surface area contributed by atoms with Gasteiger partial charge in [0.2, 0.25) is 0 Å². The van der Waals surface area contributed by atoms with Crippen LogP contribution in [0.2, 0.25) is 5.02 Å². The van der Waals surface area contributed by atoms with Crippen molar-refractivity contribution in [1.82, 2.24) is 9.97 Å². The van der Waals surface area contributed by atoms with E-state index in [2.05, 4.69) is 10.6 Å². The lowest BCUT2D eigenvalue weighted by molar-refractivity contribution is 0.0904. The van der Waals surface area contributed by atoms with E-state index in [1.165, 1.54) is 0 Å². The second-order valence-corrected chi connectivity index (χ2v) is 6.93. The number of hydrogen-bond donors (Lipinski definition) is 2. The second kappa shape index (κ2) is 8.37. The standard InChI is InChI=1S/C21H21ClN4O/c22-16-7-4-8-18(13-16)24-20-14-19(23-17-9-11-27-12-10-17)25-21(26-20)15-5-2-1-3-6-15/h1-8,13-14,17H,9-12H2,(H2,23,24,25,26). The molecule has 1 aromatic heterocycles. The third kappa shape index (κ3) is 4.76. The molecule has 4 rings (SSSR count). The van der Waals surface area contributed by atoms with Crippen molar-refractivity contribution in [2.75, 3.05) is 23.8 Å². The minimum absolute atomic E-state index is 0.358. The summed E-state index contributed by atoms with van der Waals surface area (Å²) in [6.07, 6.45) is 1.95. The number of hydrogen-bond acceptors (Lipinski definition) is 5. The summed E-state index contributed by atoms with van der Waals surface area (Å²) < 4.78 is 5.45. The van der Waals surface area contributed by atoms with E-state index in [1.54, 1.807) is 0 Å². The maximum absolute atomic E-state index is 6.10. The first-order valence-corrected chi connectivity index (χ1v) is 9.45. The summed E-state index contributed by atoms with van der Waals surface area (Å²) in [5, 5.41) is 7.54. The van der Waals surface area contributed by atoms with Crippen molar-refractivity contribution < 1.29 is 4.74 Å². The van der Waals surface area contributed by atoms with Crippen LogP contribution >= 0.6 is 11.6 Å². The van der Waals surface area contributed by atoms with Crippen LogP contribution in [0.25, 0.3) is 11.4 Å². The Labute approximate surface area is 163 Å². The van der Waals surface area contributed by atoms with E-state index in [0.717, 1.165) is 48.9 Å². The Morgan fingerprint density at radius 2 is 1.67 bits per heavy atom. The van der Waals surface area contributed by atoms with E-state index in [1.807, 2.05) is 60.7 Å². The van der Waals surface area contributed by atoms with Gasteiger partial charge >= 0.3 is 0 Å². The van der Waals surface area contributed by atoms with Crippen molar-refractivity contribution in [3.63, 3.8) is 0 Å². The van der Waals surface area contributed by atoms with Crippen LogP contribution in [0.3, 0.4) is 0 Å². The lowest BCUT2D eigenvalue weighted by Gasteiger charge is -2.24. The summed E-state index contributed by atoms with van der Waals surface area (Å²) in [5.74, 6) is 2.21. The van der Waals surface area contributed by atoms with Crippen molar-refractivity contribution in [3.8, 4) is 11.4 Å². The van der Waals surface area contributed by atoms with Gasteiger partial charge in [-0.3, -0.25) is 0 Å². The largest absolute Gasteiger partial charge is 0.381 e. The molecule has 0 bridgehead atoms. The summed E-state index contributed by atoms with van der Waals surface area (Å²) in [7, 11) is 0. The van der Waals surface area contributed by atoms with Crippen molar-refractivity contribution in [2.24, 2.45) is 0 Å². The van der Waals surface area contributed by atoms with Crippen molar-refractivity contribution >= 4 is 28.9 Å². The highest BCUT2D eigenvalue weighted by Crippen LogP contribution is 2.25. The molecule has 0 atom stereocenters. The molecule has 27 heavy (non-hydrogen) atoms. The fourth-order valence-electron chi connectivity index (χ4n) is 3.07.